The predicted molar refractivity (Wildman–Crippen MR) is 50.8 cm³/mol. The third-order valence-electron chi connectivity index (χ3n) is 2.75. The van der Waals surface area contributed by atoms with Crippen molar-refractivity contribution in [2.24, 2.45) is 5.73 Å². The molecule has 17 heavy (non-hydrogen) atoms. The highest BCUT2D eigenvalue weighted by atomic mass is 19.4. The number of amides is 1. The van der Waals surface area contributed by atoms with Gasteiger partial charge in [0, 0.05) is 0 Å². The van der Waals surface area contributed by atoms with Gasteiger partial charge < -0.3 is 15.8 Å². The molecule has 0 spiro atoms. The summed E-state index contributed by atoms with van der Waals surface area (Å²) >= 11 is 0. The summed E-state index contributed by atoms with van der Waals surface area (Å²) in [6.45, 7) is 1.62. The van der Waals surface area contributed by atoms with Crippen LogP contribution in [0.3, 0.4) is 0 Å². The first-order chi connectivity index (χ1) is 7.68. The van der Waals surface area contributed by atoms with Gasteiger partial charge in [0.1, 0.15) is 0 Å². The molecule has 8 heteroatoms. The Morgan fingerprint density at radius 1 is 1.41 bits per heavy atom. The van der Waals surface area contributed by atoms with Crippen molar-refractivity contribution in [1.82, 2.24) is 5.32 Å². The fraction of sp³-hybridized carbons (Fsp3) is 0.778. The molecule has 0 aromatic heterocycles. The Hall–Kier alpha value is -1.31. The van der Waals surface area contributed by atoms with E-state index in [4.69, 9.17) is 5.73 Å². The van der Waals surface area contributed by atoms with Crippen molar-refractivity contribution in [2.45, 2.75) is 37.6 Å². The molecule has 0 aromatic carbocycles. The second kappa shape index (κ2) is 4.52. The second-order valence-corrected chi connectivity index (χ2v) is 4.01. The van der Waals surface area contributed by atoms with Crippen molar-refractivity contribution in [3.05, 3.63) is 0 Å². The molecular formula is C9H13F3N2O3. The van der Waals surface area contributed by atoms with Crippen LogP contribution in [-0.4, -0.2) is 36.2 Å². The first kappa shape index (κ1) is 13.8. The second-order valence-electron chi connectivity index (χ2n) is 4.01. The molecule has 1 saturated heterocycles. The van der Waals surface area contributed by atoms with Gasteiger partial charge in [-0.2, -0.15) is 13.2 Å². The summed E-state index contributed by atoms with van der Waals surface area (Å²) in [6.07, 6.45) is -4.04. The largest absolute Gasteiger partial charge is 0.490 e. The minimum Gasteiger partial charge on any atom is -0.441 e. The van der Waals surface area contributed by atoms with E-state index in [0.717, 1.165) is 6.92 Å². The zero-order valence-electron chi connectivity index (χ0n) is 9.13. The highest BCUT2D eigenvalue weighted by molar-refractivity contribution is 5.88. The minimum atomic E-state index is -5.14. The summed E-state index contributed by atoms with van der Waals surface area (Å²) in [6, 6.07) is -0.689. The summed E-state index contributed by atoms with van der Waals surface area (Å²) in [7, 11) is 0. The summed E-state index contributed by atoms with van der Waals surface area (Å²) in [4.78, 5) is 22.0. The molecule has 1 fully saturated rings. The molecule has 1 amide bonds. The number of esters is 1. The number of primary amides is 1. The third-order valence-corrected chi connectivity index (χ3v) is 2.75. The molecule has 0 bridgehead atoms. The van der Waals surface area contributed by atoms with Gasteiger partial charge in [0.15, 0.2) is 0 Å². The first-order valence-electron chi connectivity index (χ1n) is 5.01. The standard InChI is InChI=1S/C9H13F3N2O3/c1-8(6(13)15,5-3-2-4-14-5)17-7(16)9(10,11)12/h5,14H,2-4H2,1H3,(H2,13,15)/t5-,8?/m0/s1. The molecule has 0 aromatic rings. The fourth-order valence-electron chi connectivity index (χ4n) is 1.70. The molecule has 98 valence electrons. The van der Waals surface area contributed by atoms with Gasteiger partial charge in [0.25, 0.3) is 5.91 Å². The lowest BCUT2D eigenvalue weighted by Gasteiger charge is -2.32. The van der Waals surface area contributed by atoms with E-state index in [2.05, 4.69) is 10.1 Å². The highest BCUT2D eigenvalue weighted by Crippen LogP contribution is 2.27. The van der Waals surface area contributed by atoms with E-state index in [1.54, 1.807) is 0 Å². The van der Waals surface area contributed by atoms with Gasteiger partial charge in [-0.1, -0.05) is 0 Å². The molecule has 1 rings (SSSR count). The Morgan fingerprint density at radius 2 is 2.00 bits per heavy atom. The van der Waals surface area contributed by atoms with Crippen LogP contribution in [0.5, 0.6) is 0 Å². The van der Waals surface area contributed by atoms with Gasteiger partial charge in [0.05, 0.1) is 6.04 Å². The van der Waals surface area contributed by atoms with Gasteiger partial charge in [-0.3, -0.25) is 4.79 Å². The maximum Gasteiger partial charge on any atom is 0.490 e. The zero-order chi connectivity index (χ0) is 13.3. The number of nitrogens with one attached hydrogen (secondary N) is 1. The minimum absolute atomic E-state index is 0.421. The Morgan fingerprint density at radius 3 is 2.35 bits per heavy atom. The Balaban J connectivity index is 2.85. The Bertz CT molecular complexity index is 326. The smallest absolute Gasteiger partial charge is 0.441 e. The number of carbonyl (C=O) groups is 2. The van der Waals surface area contributed by atoms with E-state index < -0.39 is 29.7 Å². The number of halogens is 3. The zero-order valence-corrected chi connectivity index (χ0v) is 9.13. The lowest BCUT2D eigenvalue weighted by Crippen LogP contribution is -2.58. The van der Waals surface area contributed by atoms with E-state index in [-0.39, 0.29) is 0 Å². The number of carbonyl (C=O) groups excluding carboxylic acids is 2. The molecule has 2 atom stereocenters. The highest BCUT2D eigenvalue weighted by Gasteiger charge is 2.51. The van der Waals surface area contributed by atoms with Crippen molar-refractivity contribution >= 4 is 11.9 Å². The van der Waals surface area contributed by atoms with E-state index in [1.165, 1.54) is 0 Å². The Kier molecular flexibility index (Phi) is 3.65. The molecule has 5 nitrogen and oxygen atoms in total. The van der Waals surface area contributed by atoms with Crippen molar-refractivity contribution in [2.75, 3.05) is 6.54 Å². The average molecular weight is 254 g/mol. The molecule has 0 radical (unpaired) electrons. The van der Waals surface area contributed by atoms with Crippen LogP contribution in [0.25, 0.3) is 0 Å². The molecule has 1 heterocycles. The van der Waals surface area contributed by atoms with Crippen LogP contribution in [0.4, 0.5) is 13.2 Å². The van der Waals surface area contributed by atoms with Gasteiger partial charge >= 0.3 is 12.1 Å². The van der Waals surface area contributed by atoms with Crippen molar-refractivity contribution in [1.29, 1.82) is 0 Å². The van der Waals surface area contributed by atoms with Gasteiger partial charge in [-0.05, 0) is 26.3 Å². The van der Waals surface area contributed by atoms with E-state index in [0.29, 0.717) is 19.4 Å². The predicted octanol–water partition coefficient (Wildman–Crippen LogP) is 0.0879. The average Bonchev–Trinajstić information content (AvgIpc) is 2.68. The molecule has 1 aliphatic heterocycles. The topological polar surface area (TPSA) is 81.4 Å². The quantitative estimate of drug-likeness (QED) is 0.699. The number of hydrogen-bond donors (Lipinski definition) is 2. The van der Waals surface area contributed by atoms with Crippen LogP contribution < -0.4 is 11.1 Å². The van der Waals surface area contributed by atoms with Crippen LogP contribution in [0, 0.1) is 0 Å². The normalized spacial score (nSPS) is 24.1. The van der Waals surface area contributed by atoms with Gasteiger partial charge in [0.2, 0.25) is 5.60 Å². The van der Waals surface area contributed by atoms with Crippen LogP contribution >= 0.6 is 0 Å². The number of rotatable bonds is 3. The summed E-state index contributed by atoms with van der Waals surface area (Å²) in [5, 5.41) is 2.79. The van der Waals surface area contributed by atoms with Gasteiger partial charge in [-0.25, -0.2) is 4.79 Å². The maximum absolute atomic E-state index is 12.1. The third kappa shape index (κ3) is 2.87. The Labute approximate surface area is 95.5 Å². The molecule has 1 unspecified atom stereocenters. The molecule has 0 saturated carbocycles. The van der Waals surface area contributed by atoms with Crippen LogP contribution in [0.2, 0.25) is 0 Å². The molecule has 0 aliphatic carbocycles. The first-order valence-corrected chi connectivity index (χ1v) is 5.01. The number of ether oxygens (including phenoxy) is 1. The molecule has 1 aliphatic rings. The van der Waals surface area contributed by atoms with Gasteiger partial charge in [-0.15, -0.1) is 0 Å². The van der Waals surface area contributed by atoms with Crippen molar-refractivity contribution < 1.29 is 27.5 Å². The van der Waals surface area contributed by atoms with E-state index in [1.807, 2.05) is 0 Å². The molecule has 3 N–H and O–H groups in total. The summed E-state index contributed by atoms with van der Waals surface area (Å²) < 4.78 is 40.5. The van der Waals surface area contributed by atoms with Crippen molar-refractivity contribution in [3.8, 4) is 0 Å². The van der Waals surface area contributed by atoms with Crippen LogP contribution in [0.1, 0.15) is 19.8 Å². The number of hydrogen-bond acceptors (Lipinski definition) is 4. The fourth-order valence-corrected chi connectivity index (χ4v) is 1.70. The van der Waals surface area contributed by atoms with Crippen LogP contribution in [0.15, 0.2) is 0 Å². The number of nitrogens with two attached hydrogens (primary N) is 1. The van der Waals surface area contributed by atoms with E-state index in [9.17, 15) is 22.8 Å². The number of alkyl halides is 3. The monoisotopic (exact) mass is 254 g/mol. The van der Waals surface area contributed by atoms with Crippen LogP contribution in [-0.2, 0) is 14.3 Å². The summed E-state index contributed by atoms with van der Waals surface area (Å²) in [5.41, 5.74) is 3.04. The van der Waals surface area contributed by atoms with E-state index >= 15 is 0 Å². The lowest BCUT2D eigenvalue weighted by molar-refractivity contribution is -0.214. The summed E-state index contributed by atoms with van der Waals surface area (Å²) in [5.74, 6) is -3.51. The SMILES string of the molecule is CC(OC(=O)C(F)(F)F)(C(N)=O)[C@@H]1CCCN1. The maximum atomic E-state index is 12.1. The lowest BCUT2D eigenvalue weighted by atomic mass is 9.94. The molecular weight excluding hydrogens is 241 g/mol. The van der Waals surface area contributed by atoms with Crippen molar-refractivity contribution in [3.63, 3.8) is 0 Å².